The number of ether oxygens (including phenoxy) is 2. The Bertz CT molecular complexity index is 335. The number of morpholine rings is 1. The monoisotopic (exact) mass is 334 g/mol. The number of carbonyl (C=O) groups excluding carboxylic acids is 1. The first-order valence-corrected chi connectivity index (χ1v) is 8.43. The first-order chi connectivity index (χ1) is 10.2. The summed E-state index contributed by atoms with van der Waals surface area (Å²) in [6.07, 6.45) is 6.72. The van der Waals surface area contributed by atoms with Crippen LogP contribution in [0, 0.1) is 0 Å². The van der Waals surface area contributed by atoms with Gasteiger partial charge in [0, 0.05) is 19.7 Å². The van der Waals surface area contributed by atoms with Crippen LogP contribution in [-0.4, -0.2) is 50.0 Å². The van der Waals surface area contributed by atoms with Crippen LogP contribution < -0.4 is 10.6 Å². The van der Waals surface area contributed by atoms with Crippen molar-refractivity contribution in [3.8, 4) is 0 Å². The van der Waals surface area contributed by atoms with Crippen LogP contribution >= 0.6 is 12.4 Å². The molecule has 2 aliphatic rings. The lowest BCUT2D eigenvalue weighted by atomic mass is 9.84. The lowest BCUT2D eigenvalue weighted by Crippen LogP contribution is -2.57. The van der Waals surface area contributed by atoms with Crippen molar-refractivity contribution in [3.05, 3.63) is 0 Å². The molecule has 0 aromatic rings. The fraction of sp³-hybridized carbons (Fsp3) is 0.938. The summed E-state index contributed by atoms with van der Waals surface area (Å²) in [5.74, 6) is 0.0345. The molecule has 1 aliphatic heterocycles. The Morgan fingerprint density at radius 1 is 1.36 bits per heavy atom. The van der Waals surface area contributed by atoms with E-state index >= 15 is 0 Å². The molecule has 130 valence electrons. The highest BCUT2D eigenvalue weighted by Gasteiger charge is 2.35. The van der Waals surface area contributed by atoms with Gasteiger partial charge in [-0.05, 0) is 26.2 Å². The standard InChI is InChI=1S/C16H30N2O3.ClH/c1-3-10-21-16(7-5-4-6-8-16)12-18-15(19)14-13(2)20-11-9-17-14;/h13-14,17H,3-12H2,1-2H3,(H,18,19);1H/t13-,14+;/m1./s1. The molecule has 2 atom stereocenters. The van der Waals surface area contributed by atoms with E-state index in [9.17, 15) is 4.79 Å². The van der Waals surface area contributed by atoms with Crippen molar-refractivity contribution in [2.45, 2.75) is 70.1 Å². The second-order valence-corrected chi connectivity index (χ2v) is 6.32. The topological polar surface area (TPSA) is 59.6 Å². The highest BCUT2D eigenvalue weighted by Crippen LogP contribution is 2.31. The van der Waals surface area contributed by atoms with E-state index in [4.69, 9.17) is 9.47 Å². The van der Waals surface area contributed by atoms with Gasteiger partial charge in [0.1, 0.15) is 6.04 Å². The van der Waals surface area contributed by atoms with Crippen molar-refractivity contribution >= 4 is 18.3 Å². The molecule has 0 aromatic heterocycles. The van der Waals surface area contributed by atoms with Crippen molar-refractivity contribution in [2.24, 2.45) is 0 Å². The predicted molar refractivity (Wildman–Crippen MR) is 89.5 cm³/mol. The SMILES string of the molecule is CCCOC1(CNC(=O)[C@H]2NCCO[C@@H]2C)CCCCC1.Cl. The first kappa shape index (κ1) is 19.7. The van der Waals surface area contributed by atoms with Gasteiger partial charge in [-0.1, -0.05) is 26.2 Å². The van der Waals surface area contributed by atoms with Crippen LogP contribution in [-0.2, 0) is 14.3 Å². The predicted octanol–water partition coefficient (Wildman–Crippen LogP) is 2.03. The molecular weight excluding hydrogens is 304 g/mol. The third-order valence-electron chi connectivity index (χ3n) is 4.56. The number of amides is 1. The zero-order valence-corrected chi connectivity index (χ0v) is 14.7. The Balaban J connectivity index is 0.00000242. The third-order valence-corrected chi connectivity index (χ3v) is 4.56. The van der Waals surface area contributed by atoms with E-state index in [1.165, 1.54) is 19.3 Å². The van der Waals surface area contributed by atoms with Crippen LogP contribution in [0.2, 0.25) is 0 Å². The molecule has 6 heteroatoms. The zero-order valence-electron chi connectivity index (χ0n) is 13.9. The van der Waals surface area contributed by atoms with Gasteiger partial charge in [-0.25, -0.2) is 0 Å². The van der Waals surface area contributed by atoms with Gasteiger partial charge < -0.3 is 20.1 Å². The molecule has 1 amide bonds. The maximum Gasteiger partial charge on any atom is 0.239 e. The molecule has 5 nitrogen and oxygen atoms in total. The minimum absolute atomic E-state index is 0. The zero-order chi connectivity index (χ0) is 15.1. The number of rotatable bonds is 6. The highest BCUT2D eigenvalue weighted by molar-refractivity contribution is 5.85. The fourth-order valence-corrected chi connectivity index (χ4v) is 3.27. The van der Waals surface area contributed by atoms with Crippen molar-refractivity contribution in [3.63, 3.8) is 0 Å². The summed E-state index contributed by atoms with van der Waals surface area (Å²) in [6, 6.07) is -0.245. The summed E-state index contributed by atoms with van der Waals surface area (Å²) in [5.41, 5.74) is -0.150. The largest absolute Gasteiger partial charge is 0.375 e. The molecule has 2 N–H and O–H groups in total. The summed E-state index contributed by atoms with van der Waals surface area (Å²) in [7, 11) is 0. The molecule has 0 aromatic carbocycles. The van der Waals surface area contributed by atoms with E-state index in [0.29, 0.717) is 13.2 Å². The smallest absolute Gasteiger partial charge is 0.239 e. The second kappa shape index (κ2) is 9.71. The summed E-state index contributed by atoms with van der Waals surface area (Å²) >= 11 is 0. The van der Waals surface area contributed by atoms with Crippen molar-refractivity contribution in [1.82, 2.24) is 10.6 Å². The Morgan fingerprint density at radius 2 is 2.09 bits per heavy atom. The molecule has 1 saturated heterocycles. The van der Waals surface area contributed by atoms with Gasteiger partial charge in [-0.2, -0.15) is 0 Å². The van der Waals surface area contributed by atoms with Crippen LogP contribution in [0.4, 0.5) is 0 Å². The van der Waals surface area contributed by atoms with Gasteiger partial charge in [0.05, 0.1) is 18.3 Å². The maximum absolute atomic E-state index is 12.4. The number of halogens is 1. The molecule has 1 aliphatic carbocycles. The van der Waals surface area contributed by atoms with Crippen LogP contribution in [0.25, 0.3) is 0 Å². The normalized spacial score (nSPS) is 27.7. The van der Waals surface area contributed by atoms with Crippen LogP contribution in [0.1, 0.15) is 52.4 Å². The average molecular weight is 335 g/mol. The lowest BCUT2D eigenvalue weighted by molar-refractivity contribution is -0.132. The molecule has 22 heavy (non-hydrogen) atoms. The Kier molecular flexibility index (Phi) is 8.69. The number of nitrogens with one attached hydrogen (secondary N) is 2. The van der Waals surface area contributed by atoms with Crippen molar-refractivity contribution < 1.29 is 14.3 Å². The highest BCUT2D eigenvalue weighted by atomic mass is 35.5. The minimum atomic E-state index is -0.245. The quantitative estimate of drug-likeness (QED) is 0.780. The minimum Gasteiger partial charge on any atom is -0.375 e. The van der Waals surface area contributed by atoms with Crippen molar-refractivity contribution in [1.29, 1.82) is 0 Å². The van der Waals surface area contributed by atoms with Crippen LogP contribution in [0.3, 0.4) is 0 Å². The second-order valence-electron chi connectivity index (χ2n) is 6.32. The van der Waals surface area contributed by atoms with E-state index in [1.54, 1.807) is 0 Å². The van der Waals surface area contributed by atoms with Gasteiger partial charge in [-0.15, -0.1) is 12.4 Å². The van der Waals surface area contributed by atoms with E-state index in [-0.39, 0.29) is 36.1 Å². The Hall–Kier alpha value is -0.360. The van der Waals surface area contributed by atoms with E-state index in [0.717, 1.165) is 32.4 Å². The summed E-state index contributed by atoms with van der Waals surface area (Å²) in [6.45, 7) is 6.88. The molecule has 2 fully saturated rings. The molecular formula is C16H31ClN2O3. The molecule has 0 radical (unpaired) electrons. The number of hydrogen-bond donors (Lipinski definition) is 2. The van der Waals surface area contributed by atoms with Crippen LogP contribution in [0.5, 0.6) is 0 Å². The van der Waals surface area contributed by atoms with Crippen molar-refractivity contribution in [2.75, 3.05) is 26.3 Å². The van der Waals surface area contributed by atoms with Gasteiger partial charge in [-0.3, -0.25) is 4.79 Å². The van der Waals surface area contributed by atoms with Crippen LogP contribution in [0.15, 0.2) is 0 Å². The molecule has 0 bridgehead atoms. The van der Waals surface area contributed by atoms with Gasteiger partial charge in [0.2, 0.25) is 5.91 Å². The number of hydrogen-bond acceptors (Lipinski definition) is 4. The van der Waals surface area contributed by atoms with E-state index in [1.807, 2.05) is 6.92 Å². The lowest BCUT2D eigenvalue weighted by Gasteiger charge is -2.38. The van der Waals surface area contributed by atoms with Gasteiger partial charge >= 0.3 is 0 Å². The average Bonchev–Trinajstić information content (AvgIpc) is 2.52. The van der Waals surface area contributed by atoms with Gasteiger partial charge in [0.15, 0.2) is 0 Å². The van der Waals surface area contributed by atoms with E-state index < -0.39 is 0 Å². The summed E-state index contributed by atoms with van der Waals surface area (Å²) < 4.78 is 11.7. The Morgan fingerprint density at radius 3 is 2.73 bits per heavy atom. The third kappa shape index (κ3) is 5.37. The van der Waals surface area contributed by atoms with Gasteiger partial charge in [0.25, 0.3) is 0 Å². The maximum atomic E-state index is 12.4. The molecule has 0 spiro atoms. The summed E-state index contributed by atoms with van der Waals surface area (Å²) in [4.78, 5) is 12.4. The molecule has 2 rings (SSSR count). The first-order valence-electron chi connectivity index (χ1n) is 8.43. The molecule has 0 unspecified atom stereocenters. The molecule has 1 saturated carbocycles. The number of carbonyl (C=O) groups is 1. The molecule has 1 heterocycles. The Labute approximate surface area is 140 Å². The summed E-state index contributed by atoms with van der Waals surface area (Å²) in [5, 5.41) is 6.33. The van der Waals surface area contributed by atoms with E-state index in [2.05, 4.69) is 17.6 Å². The fourth-order valence-electron chi connectivity index (χ4n) is 3.27.